The second-order valence-corrected chi connectivity index (χ2v) is 13.8. The standard InChI is InChI=1S/C42H34Cl2N4O6.ClH/c1-52-42(51)36(16-24-2-6-26(7-3-24)27-8-4-25(21-45)5-9-27)48-41(50)35-18-30-19-37-38(20-31(30)22-46-35)54-39(23-53-37)28-10-13-32(14-11-28)47-40(49)29-12-15-33(43)34(44)17-29;/h2-15,17,19-20,35-36,39,46H,16,18,22-23H2,1H3,(H,47,49)(H,48,50);1H. The summed E-state index contributed by atoms with van der Waals surface area (Å²) < 4.78 is 17.5. The van der Waals surface area contributed by atoms with Crippen molar-refractivity contribution in [1.29, 1.82) is 5.26 Å². The summed E-state index contributed by atoms with van der Waals surface area (Å²) in [6.07, 6.45) is 0.280. The van der Waals surface area contributed by atoms with Crippen LogP contribution in [0, 0.1) is 11.3 Å². The third-order valence-corrected chi connectivity index (χ3v) is 10.2. The molecule has 2 heterocycles. The molecule has 0 saturated carbocycles. The SMILES string of the molecule is COC(=O)C(Cc1ccc(-c2ccc(C#N)cc2)cc1)NC(=O)C1Cc2cc3c(cc2CN1)OC(c1ccc(NC(=O)c2ccc(Cl)c(Cl)c2)cc1)CO3.Cl. The van der Waals surface area contributed by atoms with Gasteiger partial charge < -0.3 is 30.2 Å². The molecule has 0 spiro atoms. The Balaban J connectivity index is 0.00000514. The van der Waals surface area contributed by atoms with E-state index in [4.69, 9.17) is 42.7 Å². The zero-order chi connectivity index (χ0) is 37.8. The molecule has 0 aliphatic carbocycles. The van der Waals surface area contributed by atoms with Gasteiger partial charge in [0.1, 0.15) is 12.6 Å². The van der Waals surface area contributed by atoms with Crippen molar-refractivity contribution in [3.63, 3.8) is 0 Å². The van der Waals surface area contributed by atoms with Gasteiger partial charge in [-0.3, -0.25) is 9.59 Å². The first-order chi connectivity index (χ1) is 26.2. The second kappa shape index (κ2) is 17.3. The normalized spacial score (nSPS) is 16.0. The smallest absolute Gasteiger partial charge is 0.328 e. The van der Waals surface area contributed by atoms with Crippen molar-refractivity contribution in [2.75, 3.05) is 19.0 Å². The highest BCUT2D eigenvalue weighted by Crippen LogP contribution is 2.40. The number of carbonyl (C=O) groups excluding carboxylic acids is 3. The predicted molar refractivity (Wildman–Crippen MR) is 212 cm³/mol. The number of nitrogens with zero attached hydrogens (tertiary/aromatic N) is 1. The average Bonchev–Trinajstić information content (AvgIpc) is 3.20. The third kappa shape index (κ3) is 9.05. The Bertz CT molecular complexity index is 2260. The quantitative estimate of drug-likeness (QED) is 0.130. The van der Waals surface area contributed by atoms with Crippen molar-refractivity contribution < 1.29 is 28.6 Å². The number of rotatable bonds is 9. The Morgan fingerprint density at radius 1 is 0.891 bits per heavy atom. The van der Waals surface area contributed by atoms with Crippen LogP contribution in [0.25, 0.3) is 11.1 Å². The molecule has 0 radical (unpaired) electrons. The van der Waals surface area contributed by atoms with Crippen molar-refractivity contribution in [1.82, 2.24) is 10.6 Å². The highest BCUT2D eigenvalue weighted by atomic mass is 35.5. The Morgan fingerprint density at radius 3 is 2.25 bits per heavy atom. The van der Waals surface area contributed by atoms with E-state index in [2.05, 4.69) is 22.0 Å². The van der Waals surface area contributed by atoms with Crippen LogP contribution in [0.1, 0.15) is 44.3 Å². The molecule has 13 heteroatoms. The van der Waals surface area contributed by atoms with Crippen molar-refractivity contribution in [3.05, 3.63) is 147 Å². The number of amides is 2. The Morgan fingerprint density at radius 2 is 1.58 bits per heavy atom. The van der Waals surface area contributed by atoms with E-state index in [1.807, 2.05) is 60.7 Å². The topological polar surface area (TPSA) is 139 Å². The molecule has 2 amide bonds. The minimum atomic E-state index is -0.878. The Kier molecular flexibility index (Phi) is 12.3. The highest BCUT2D eigenvalue weighted by Gasteiger charge is 2.31. The average molecular weight is 798 g/mol. The monoisotopic (exact) mass is 796 g/mol. The summed E-state index contributed by atoms with van der Waals surface area (Å²) in [5.41, 5.74) is 7.19. The third-order valence-electron chi connectivity index (χ3n) is 9.47. The van der Waals surface area contributed by atoms with Gasteiger partial charge in [-0.15, -0.1) is 12.4 Å². The number of carbonyl (C=O) groups is 3. The highest BCUT2D eigenvalue weighted by molar-refractivity contribution is 6.42. The fourth-order valence-corrected chi connectivity index (χ4v) is 6.77. The number of halogens is 3. The van der Waals surface area contributed by atoms with Crippen LogP contribution < -0.4 is 25.4 Å². The van der Waals surface area contributed by atoms with Gasteiger partial charge in [0, 0.05) is 24.2 Å². The summed E-state index contributed by atoms with van der Waals surface area (Å²) in [5.74, 6) is 0.0395. The van der Waals surface area contributed by atoms with E-state index >= 15 is 0 Å². The lowest BCUT2D eigenvalue weighted by Crippen LogP contribution is -2.53. The molecule has 7 rings (SSSR count). The van der Waals surface area contributed by atoms with E-state index in [9.17, 15) is 14.4 Å². The van der Waals surface area contributed by atoms with Crippen LogP contribution in [0.5, 0.6) is 11.5 Å². The first-order valence-electron chi connectivity index (χ1n) is 17.2. The molecule has 5 aromatic carbocycles. The number of methoxy groups -OCH3 is 1. The van der Waals surface area contributed by atoms with E-state index in [0.717, 1.165) is 33.4 Å². The van der Waals surface area contributed by atoms with Crippen LogP contribution in [0.2, 0.25) is 10.0 Å². The molecular formula is C42H35Cl3N4O6. The fraction of sp³-hybridized carbons (Fsp3) is 0.190. The zero-order valence-corrected chi connectivity index (χ0v) is 31.8. The number of anilines is 1. The molecule has 0 fully saturated rings. The number of nitriles is 1. The largest absolute Gasteiger partial charge is 0.485 e. The molecule has 2 aliphatic rings. The van der Waals surface area contributed by atoms with Crippen LogP contribution in [0.3, 0.4) is 0 Å². The van der Waals surface area contributed by atoms with Crippen molar-refractivity contribution in [2.45, 2.75) is 37.6 Å². The van der Waals surface area contributed by atoms with Crippen LogP contribution in [-0.2, 0) is 33.7 Å². The molecule has 10 nitrogen and oxygen atoms in total. The molecule has 2 aliphatic heterocycles. The lowest BCUT2D eigenvalue weighted by atomic mass is 9.94. The van der Waals surface area contributed by atoms with Gasteiger partial charge in [-0.05, 0) is 94.4 Å². The van der Waals surface area contributed by atoms with Crippen LogP contribution >= 0.6 is 35.6 Å². The van der Waals surface area contributed by atoms with Gasteiger partial charge in [0.05, 0.1) is 34.8 Å². The number of hydrogen-bond donors (Lipinski definition) is 3. The van der Waals surface area contributed by atoms with Crippen LogP contribution in [0.4, 0.5) is 5.69 Å². The van der Waals surface area contributed by atoms with Crippen LogP contribution in [0.15, 0.2) is 103 Å². The van der Waals surface area contributed by atoms with Gasteiger partial charge in [-0.1, -0.05) is 71.7 Å². The van der Waals surface area contributed by atoms with Crippen molar-refractivity contribution in [2.24, 2.45) is 0 Å². The van der Waals surface area contributed by atoms with Crippen molar-refractivity contribution in [3.8, 4) is 28.7 Å². The van der Waals surface area contributed by atoms with E-state index in [-0.39, 0.29) is 43.4 Å². The molecule has 3 N–H and O–H groups in total. The number of fused-ring (bicyclic) bond motifs is 2. The number of benzene rings is 5. The summed E-state index contributed by atoms with van der Waals surface area (Å²) in [6.45, 7) is 0.694. The number of ether oxygens (including phenoxy) is 3. The van der Waals surface area contributed by atoms with Gasteiger partial charge in [-0.2, -0.15) is 5.26 Å². The van der Waals surface area contributed by atoms with E-state index < -0.39 is 18.1 Å². The first-order valence-corrected chi connectivity index (χ1v) is 18.0. The fourth-order valence-electron chi connectivity index (χ4n) is 6.47. The summed E-state index contributed by atoms with van der Waals surface area (Å²) in [4.78, 5) is 38.9. The second-order valence-electron chi connectivity index (χ2n) is 13.0. The summed E-state index contributed by atoms with van der Waals surface area (Å²) >= 11 is 12.0. The first kappa shape index (κ1) is 39.1. The van der Waals surface area contributed by atoms with E-state index in [1.165, 1.54) is 13.2 Å². The molecule has 0 aromatic heterocycles. The van der Waals surface area contributed by atoms with Gasteiger partial charge in [0.2, 0.25) is 5.91 Å². The maximum Gasteiger partial charge on any atom is 0.328 e. The summed E-state index contributed by atoms with van der Waals surface area (Å²) in [6, 6.07) is 31.6. The molecule has 0 saturated heterocycles. The number of esters is 1. The zero-order valence-electron chi connectivity index (χ0n) is 29.4. The summed E-state index contributed by atoms with van der Waals surface area (Å²) in [7, 11) is 1.30. The lowest BCUT2D eigenvalue weighted by molar-refractivity contribution is -0.145. The molecule has 5 aromatic rings. The maximum atomic E-state index is 13.5. The molecule has 3 unspecified atom stereocenters. The maximum absolute atomic E-state index is 13.5. The van der Waals surface area contributed by atoms with E-state index in [1.54, 1.807) is 36.4 Å². The van der Waals surface area contributed by atoms with Gasteiger partial charge in [0.15, 0.2) is 17.6 Å². The van der Waals surface area contributed by atoms with Crippen LogP contribution in [-0.4, -0.2) is 43.6 Å². The number of hydrogen-bond acceptors (Lipinski definition) is 8. The molecule has 3 atom stereocenters. The molecule has 0 bridgehead atoms. The lowest BCUT2D eigenvalue weighted by Gasteiger charge is -2.31. The Labute approximate surface area is 334 Å². The van der Waals surface area contributed by atoms with Crippen molar-refractivity contribution >= 4 is 59.1 Å². The van der Waals surface area contributed by atoms with Gasteiger partial charge >= 0.3 is 5.97 Å². The minimum absolute atomic E-state index is 0. The minimum Gasteiger partial charge on any atom is -0.485 e. The van der Waals surface area contributed by atoms with Gasteiger partial charge in [-0.25, -0.2) is 4.79 Å². The molecule has 280 valence electrons. The number of nitrogens with one attached hydrogen (secondary N) is 3. The molecular weight excluding hydrogens is 763 g/mol. The molecule has 55 heavy (non-hydrogen) atoms. The summed E-state index contributed by atoms with van der Waals surface area (Å²) in [5, 5.41) is 18.8. The predicted octanol–water partition coefficient (Wildman–Crippen LogP) is 7.63. The van der Waals surface area contributed by atoms with E-state index in [0.29, 0.717) is 51.3 Å². The van der Waals surface area contributed by atoms with Gasteiger partial charge in [0.25, 0.3) is 5.91 Å². The Hall–Kier alpha value is -5.57.